The van der Waals surface area contributed by atoms with Gasteiger partial charge in [-0.1, -0.05) is 28.7 Å². The minimum atomic E-state index is -3.68. The van der Waals surface area contributed by atoms with Crippen LogP contribution in [0.15, 0.2) is 30.6 Å². The van der Waals surface area contributed by atoms with Crippen LogP contribution in [0.2, 0.25) is 0 Å². The number of anilines is 2. The predicted molar refractivity (Wildman–Crippen MR) is 109 cm³/mol. The van der Waals surface area contributed by atoms with E-state index in [4.69, 9.17) is 0 Å². The quantitative estimate of drug-likeness (QED) is 0.353. The highest BCUT2D eigenvalue weighted by atomic mass is 127. The Kier molecular flexibility index (Phi) is 5.60. The third-order valence-corrected chi connectivity index (χ3v) is 5.91. The van der Waals surface area contributed by atoms with Gasteiger partial charge in [-0.3, -0.25) is 14.6 Å². The lowest BCUT2D eigenvalue weighted by Crippen LogP contribution is -2.20. The molecular formula is C16H15FIN5O3S. The van der Waals surface area contributed by atoms with Crippen molar-refractivity contribution in [3.05, 3.63) is 47.5 Å². The van der Waals surface area contributed by atoms with E-state index in [1.54, 1.807) is 12.3 Å². The van der Waals surface area contributed by atoms with Gasteiger partial charge in [-0.15, -0.1) is 0 Å². The number of sulfonamides is 1. The molecule has 2 heterocycles. The number of hydrogen-bond donors (Lipinski definition) is 3. The SMILES string of the molecule is CCS(=O)(=O)Nc1ccc(CI)c(C(=O)Nc2cnc3[nH]ncc3c2)c1F. The first-order valence-corrected chi connectivity index (χ1v) is 11.0. The minimum Gasteiger partial charge on any atom is -0.320 e. The number of H-pyrrole nitrogens is 1. The summed E-state index contributed by atoms with van der Waals surface area (Å²) >= 11 is 2.01. The van der Waals surface area contributed by atoms with Crippen LogP contribution < -0.4 is 10.0 Å². The Balaban J connectivity index is 1.96. The molecule has 0 bridgehead atoms. The molecule has 11 heteroatoms. The Labute approximate surface area is 168 Å². The molecule has 27 heavy (non-hydrogen) atoms. The fourth-order valence-electron chi connectivity index (χ4n) is 2.39. The number of carbonyl (C=O) groups is 1. The van der Waals surface area contributed by atoms with Crippen LogP contribution in [0.3, 0.4) is 0 Å². The van der Waals surface area contributed by atoms with Gasteiger partial charge in [0.1, 0.15) is 0 Å². The average molecular weight is 503 g/mol. The van der Waals surface area contributed by atoms with Crippen molar-refractivity contribution in [2.75, 3.05) is 15.8 Å². The van der Waals surface area contributed by atoms with E-state index in [2.05, 4.69) is 25.2 Å². The molecule has 0 aliphatic carbocycles. The van der Waals surface area contributed by atoms with Gasteiger partial charge in [-0.25, -0.2) is 17.8 Å². The first-order valence-electron chi connectivity index (χ1n) is 7.83. The first kappa shape index (κ1) is 19.5. The number of pyridine rings is 1. The van der Waals surface area contributed by atoms with E-state index in [0.717, 1.165) is 0 Å². The van der Waals surface area contributed by atoms with Gasteiger partial charge in [0.05, 0.1) is 35.1 Å². The zero-order valence-corrected chi connectivity index (χ0v) is 17.1. The number of amides is 1. The summed E-state index contributed by atoms with van der Waals surface area (Å²) in [6.07, 6.45) is 2.97. The summed E-state index contributed by atoms with van der Waals surface area (Å²) in [4.78, 5) is 16.8. The summed E-state index contributed by atoms with van der Waals surface area (Å²) in [5.74, 6) is -1.82. The number of halogens is 2. The molecule has 0 unspecified atom stereocenters. The lowest BCUT2D eigenvalue weighted by atomic mass is 10.1. The fraction of sp³-hybridized carbons (Fsp3) is 0.188. The van der Waals surface area contributed by atoms with Crippen molar-refractivity contribution in [2.24, 2.45) is 0 Å². The first-order chi connectivity index (χ1) is 12.8. The second kappa shape index (κ2) is 7.76. The summed E-state index contributed by atoms with van der Waals surface area (Å²) in [5.41, 5.74) is 0.893. The number of carbonyl (C=O) groups excluding carboxylic acids is 1. The van der Waals surface area contributed by atoms with E-state index in [1.165, 1.54) is 25.3 Å². The molecule has 1 aromatic carbocycles. The Bertz CT molecular complexity index is 1120. The Morgan fingerprint density at radius 2 is 2.11 bits per heavy atom. The van der Waals surface area contributed by atoms with E-state index in [9.17, 15) is 17.6 Å². The molecule has 2 aromatic heterocycles. The molecule has 8 nitrogen and oxygen atoms in total. The number of nitrogens with one attached hydrogen (secondary N) is 3. The van der Waals surface area contributed by atoms with Gasteiger partial charge in [0, 0.05) is 9.81 Å². The fourth-order valence-corrected chi connectivity index (χ4v) is 3.66. The molecule has 3 aromatic rings. The van der Waals surface area contributed by atoms with Gasteiger partial charge < -0.3 is 5.32 Å². The van der Waals surface area contributed by atoms with Gasteiger partial charge in [-0.2, -0.15) is 5.10 Å². The van der Waals surface area contributed by atoms with Crippen molar-refractivity contribution in [3.63, 3.8) is 0 Å². The van der Waals surface area contributed by atoms with Crippen LogP contribution in [0.1, 0.15) is 22.8 Å². The molecule has 0 spiro atoms. The monoisotopic (exact) mass is 503 g/mol. The third kappa shape index (κ3) is 4.18. The number of hydrogen-bond acceptors (Lipinski definition) is 5. The molecule has 142 valence electrons. The van der Waals surface area contributed by atoms with Crippen LogP contribution in [-0.4, -0.2) is 35.3 Å². The van der Waals surface area contributed by atoms with E-state index in [-0.39, 0.29) is 17.0 Å². The zero-order chi connectivity index (χ0) is 19.6. The minimum absolute atomic E-state index is 0.210. The number of rotatable bonds is 6. The highest BCUT2D eigenvalue weighted by Crippen LogP contribution is 2.26. The second-order valence-corrected chi connectivity index (χ2v) is 8.36. The molecule has 3 rings (SSSR count). The normalized spacial score (nSPS) is 11.5. The van der Waals surface area contributed by atoms with Crippen LogP contribution in [0.5, 0.6) is 0 Å². The number of aromatic nitrogens is 3. The standard InChI is InChI=1S/C16H15FIN5O3S/c1-2-27(25,26)23-12-4-3-9(6-18)13(14(12)17)16(24)21-11-5-10-7-20-22-15(10)19-8-11/h3-5,7-8,23H,2,6H2,1H3,(H,21,24)(H,19,20,22). The molecule has 0 aliphatic heterocycles. The summed E-state index contributed by atoms with van der Waals surface area (Å²) < 4.78 is 41.0. The van der Waals surface area contributed by atoms with Crippen LogP contribution in [-0.2, 0) is 14.5 Å². The smallest absolute Gasteiger partial charge is 0.259 e. The molecule has 1 amide bonds. The lowest BCUT2D eigenvalue weighted by Gasteiger charge is -2.14. The second-order valence-electron chi connectivity index (χ2n) is 5.59. The van der Waals surface area contributed by atoms with Crippen LogP contribution in [0.25, 0.3) is 11.0 Å². The van der Waals surface area contributed by atoms with Crippen molar-refractivity contribution in [1.29, 1.82) is 0 Å². The van der Waals surface area contributed by atoms with Crippen molar-refractivity contribution in [2.45, 2.75) is 11.4 Å². The maximum atomic E-state index is 14.9. The van der Waals surface area contributed by atoms with Crippen LogP contribution in [0.4, 0.5) is 15.8 Å². The van der Waals surface area contributed by atoms with Crippen molar-refractivity contribution in [1.82, 2.24) is 15.2 Å². The highest BCUT2D eigenvalue weighted by Gasteiger charge is 2.22. The molecule has 0 fully saturated rings. The van der Waals surface area contributed by atoms with Gasteiger partial charge >= 0.3 is 0 Å². The van der Waals surface area contributed by atoms with Gasteiger partial charge in [0.15, 0.2) is 11.5 Å². The Morgan fingerprint density at radius 3 is 2.81 bits per heavy atom. The molecule has 3 N–H and O–H groups in total. The summed E-state index contributed by atoms with van der Waals surface area (Å²) in [7, 11) is -3.68. The lowest BCUT2D eigenvalue weighted by molar-refractivity contribution is 0.102. The maximum absolute atomic E-state index is 14.9. The largest absolute Gasteiger partial charge is 0.320 e. The number of benzene rings is 1. The van der Waals surface area contributed by atoms with Crippen molar-refractivity contribution in [3.8, 4) is 0 Å². The predicted octanol–water partition coefficient (Wildman–Crippen LogP) is 3.05. The number of alkyl halides is 1. The molecule has 0 radical (unpaired) electrons. The van der Waals surface area contributed by atoms with E-state index < -0.39 is 21.7 Å². The Hall–Kier alpha value is -2.28. The van der Waals surface area contributed by atoms with Crippen LogP contribution in [0, 0.1) is 5.82 Å². The van der Waals surface area contributed by atoms with E-state index >= 15 is 0 Å². The third-order valence-electron chi connectivity index (χ3n) is 3.79. The number of aromatic amines is 1. The molecule has 0 saturated carbocycles. The summed E-state index contributed by atoms with van der Waals surface area (Å²) in [6, 6.07) is 4.48. The highest BCUT2D eigenvalue weighted by molar-refractivity contribution is 14.1. The topological polar surface area (TPSA) is 117 Å². The molecule has 0 aliphatic rings. The summed E-state index contributed by atoms with van der Waals surface area (Å²) in [6.45, 7) is 1.44. The number of fused-ring (bicyclic) bond motifs is 1. The van der Waals surface area contributed by atoms with Gasteiger partial charge in [0.2, 0.25) is 10.0 Å². The van der Waals surface area contributed by atoms with Crippen molar-refractivity contribution >= 4 is 60.9 Å². The number of nitrogens with zero attached hydrogens (tertiary/aromatic N) is 2. The Morgan fingerprint density at radius 1 is 1.33 bits per heavy atom. The molecular weight excluding hydrogens is 488 g/mol. The average Bonchev–Trinajstić information content (AvgIpc) is 3.10. The summed E-state index contributed by atoms with van der Waals surface area (Å²) in [5, 5.41) is 9.83. The van der Waals surface area contributed by atoms with E-state index in [0.29, 0.717) is 26.7 Å². The zero-order valence-electron chi connectivity index (χ0n) is 14.1. The van der Waals surface area contributed by atoms with E-state index in [1.807, 2.05) is 22.6 Å². The van der Waals surface area contributed by atoms with Gasteiger partial charge in [-0.05, 0) is 24.6 Å². The molecule has 0 saturated heterocycles. The molecule has 0 atom stereocenters. The maximum Gasteiger partial charge on any atom is 0.259 e. The van der Waals surface area contributed by atoms with Crippen LogP contribution >= 0.6 is 22.6 Å². The van der Waals surface area contributed by atoms with Gasteiger partial charge in [0.25, 0.3) is 5.91 Å². The van der Waals surface area contributed by atoms with Crippen molar-refractivity contribution < 1.29 is 17.6 Å².